The van der Waals surface area contributed by atoms with Crippen LogP contribution in [-0.2, 0) is 0 Å². The van der Waals surface area contributed by atoms with Crippen LogP contribution >= 0.6 is 0 Å². The third kappa shape index (κ3) is 2.85. The summed E-state index contributed by atoms with van der Waals surface area (Å²) in [5.74, 6) is 0.137. The Hall–Kier alpha value is -2.50. The SMILES string of the molecule is Cc1ccc(Oc2ncc([N+](=O)[O-])cc2C)cc1F. The standard InChI is InChI=1S/C13H11FN2O3/c1-8-3-4-11(6-12(8)14)19-13-9(2)5-10(7-15-13)16(17)18/h3-7H,1-2H3. The van der Waals surface area contributed by atoms with E-state index in [1.165, 1.54) is 12.1 Å². The highest BCUT2D eigenvalue weighted by Crippen LogP contribution is 2.26. The van der Waals surface area contributed by atoms with E-state index in [2.05, 4.69) is 4.98 Å². The average Bonchev–Trinajstić information content (AvgIpc) is 2.36. The summed E-state index contributed by atoms with van der Waals surface area (Å²) in [6, 6.07) is 5.80. The number of benzene rings is 1. The van der Waals surface area contributed by atoms with Gasteiger partial charge in [-0.3, -0.25) is 10.1 Å². The van der Waals surface area contributed by atoms with Crippen LogP contribution in [0.3, 0.4) is 0 Å². The number of nitro groups is 1. The Morgan fingerprint density at radius 2 is 2.00 bits per heavy atom. The molecule has 0 unspecified atom stereocenters. The fourth-order valence-corrected chi connectivity index (χ4v) is 1.50. The maximum absolute atomic E-state index is 13.4. The van der Waals surface area contributed by atoms with Gasteiger partial charge in [-0.2, -0.15) is 0 Å². The largest absolute Gasteiger partial charge is 0.439 e. The first-order chi connectivity index (χ1) is 8.97. The van der Waals surface area contributed by atoms with Gasteiger partial charge in [0.05, 0.1) is 4.92 Å². The van der Waals surface area contributed by atoms with Crippen molar-refractivity contribution < 1.29 is 14.1 Å². The van der Waals surface area contributed by atoms with Crippen molar-refractivity contribution in [1.29, 1.82) is 0 Å². The van der Waals surface area contributed by atoms with Crippen LogP contribution in [0.25, 0.3) is 0 Å². The molecule has 2 aromatic rings. The second-order valence-electron chi connectivity index (χ2n) is 4.09. The van der Waals surface area contributed by atoms with Crippen LogP contribution in [0.1, 0.15) is 11.1 Å². The molecular weight excluding hydrogens is 251 g/mol. The first-order valence-electron chi connectivity index (χ1n) is 5.52. The maximum Gasteiger partial charge on any atom is 0.288 e. The van der Waals surface area contributed by atoms with Crippen LogP contribution in [0.5, 0.6) is 11.6 Å². The smallest absolute Gasteiger partial charge is 0.288 e. The van der Waals surface area contributed by atoms with Crippen LogP contribution in [0.4, 0.5) is 10.1 Å². The van der Waals surface area contributed by atoms with Gasteiger partial charge >= 0.3 is 0 Å². The number of hydrogen-bond donors (Lipinski definition) is 0. The Morgan fingerprint density at radius 1 is 1.26 bits per heavy atom. The number of pyridine rings is 1. The van der Waals surface area contributed by atoms with Gasteiger partial charge in [-0.15, -0.1) is 0 Å². The summed E-state index contributed by atoms with van der Waals surface area (Å²) in [7, 11) is 0. The molecule has 0 saturated carbocycles. The molecule has 0 fully saturated rings. The predicted molar refractivity (Wildman–Crippen MR) is 66.8 cm³/mol. The van der Waals surface area contributed by atoms with E-state index < -0.39 is 4.92 Å². The average molecular weight is 262 g/mol. The summed E-state index contributed by atoms with van der Waals surface area (Å²) in [6.45, 7) is 3.29. The molecule has 98 valence electrons. The summed E-state index contributed by atoms with van der Waals surface area (Å²) in [4.78, 5) is 13.9. The normalized spacial score (nSPS) is 10.3. The van der Waals surface area contributed by atoms with Gasteiger partial charge in [0.15, 0.2) is 0 Å². The zero-order valence-electron chi connectivity index (χ0n) is 10.4. The topological polar surface area (TPSA) is 65.3 Å². The van der Waals surface area contributed by atoms with Crippen molar-refractivity contribution in [3.05, 3.63) is 57.5 Å². The molecule has 1 aromatic carbocycles. The van der Waals surface area contributed by atoms with Crippen LogP contribution in [-0.4, -0.2) is 9.91 Å². The lowest BCUT2D eigenvalue weighted by Crippen LogP contribution is -1.95. The van der Waals surface area contributed by atoms with Crippen molar-refractivity contribution >= 4 is 5.69 Å². The molecule has 0 aliphatic heterocycles. The highest BCUT2D eigenvalue weighted by molar-refractivity contribution is 5.39. The van der Waals surface area contributed by atoms with Gasteiger partial charge in [-0.1, -0.05) is 6.07 Å². The van der Waals surface area contributed by atoms with Gasteiger partial charge in [0.25, 0.3) is 5.69 Å². The summed E-state index contributed by atoms with van der Waals surface area (Å²) in [5, 5.41) is 10.6. The summed E-state index contributed by atoms with van der Waals surface area (Å²) in [5.41, 5.74) is 0.913. The molecule has 1 aromatic heterocycles. The molecule has 1 heterocycles. The lowest BCUT2D eigenvalue weighted by Gasteiger charge is -2.07. The number of rotatable bonds is 3. The first kappa shape index (κ1) is 12.9. The number of nitrogens with zero attached hydrogens (tertiary/aromatic N) is 2. The molecule has 2 rings (SSSR count). The molecule has 0 aliphatic carbocycles. The third-order valence-corrected chi connectivity index (χ3v) is 2.58. The lowest BCUT2D eigenvalue weighted by atomic mass is 10.2. The molecule has 0 atom stereocenters. The van der Waals surface area contributed by atoms with Gasteiger partial charge in [0.2, 0.25) is 5.88 Å². The van der Waals surface area contributed by atoms with E-state index in [4.69, 9.17) is 4.74 Å². The van der Waals surface area contributed by atoms with Crippen molar-refractivity contribution in [2.24, 2.45) is 0 Å². The second kappa shape index (κ2) is 5.01. The van der Waals surface area contributed by atoms with E-state index in [0.717, 1.165) is 6.20 Å². The monoisotopic (exact) mass is 262 g/mol. The summed E-state index contributed by atoms with van der Waals surface area (Å²) in [6.07, 6.45) is 1.10. The van der Waals surface area contributed by atoms with Crippen molar-refractivity contribution in [3.8, 4) is 11.6 Å². The molecule has 0 bridgehead atoms. The molecule has 0 amide bonds. The molecule has 0 spiro atoms. The quantitative estimate of drug-likeness (QED) is 0.626. The summed E-state index contributed by atoms with van der Waals surface area (Å²) >= 11 is 0. The van der Waals surface area contributed by atoms with E-state index in [1.807, 2.05) is 0 Å². The third-order valence-electron chi connectivity index (χ3n) is 2.58. The predicted octanol–water partition coefficient (Wildman–Crippen LogP) is 3.54. The molecule has 19 heavy (non-hydrogen) atoms. The van der Waals surface area contributed by atoms with E-state index in [0.29, 0.717) is 16.9 Å². The summed E-state index contributed by atoms with van der Waals surface area (Å²) < 4.78 is 18.8. The molecule has 0 N–H and O–H groups in total. The fraction of sp³-hybridized carbons (Fsp3) is 0.154. The minimum Gasteiger partial charge on any atom is -0.439 e. The number of aromatic nitrogens is 1. The van der Waals surface area contributed by atoms with Crippen molar-refractivity contribution in [1.82, 2.24) is 4.98 Å². The second-order valence-corrected chi connectivity index (χ2v) is 4.09. The Bertz CT molecular complexity index is 644. The van der Waals surface area contributed by atoms with Crippen molar-refractivity contribution in [2.75, 3.05) is 0 Å². The van der Waals surface area contributed by atoms with Crippen LogP contribution in [0.15, 0.2) is 30.5 Å². The number of halogens is 1. The number of hydrogen-bond acceptors (Lipinski definition) is 4. The van der Waals surface area contributed by atoms with Gasteiger partial charge in [-0.25, -0.2) is 9.37 Å². The zero-order chi connectivity index (χ0) is 14.0. The highest BCUT2D eigenvalue weighted by Gasteiger charge is 2.11. The van der Waals surface area contributed by atoms with Crippen molar-refractivity contribution in [2.45, 2.75) is 13.8 Å². The Labute approximate surface area is 108 Å². The molecule has 0 radical (unpaired) electrons. The number of ether oxygens (including phenoxy) is 1. The fourth-order valence-electron chi connectivity index (χ4n) is 1.50. The van der Waals surface area contributed by atoms with Crippen LogP contribution in [0.2, 0.25) is 0 Å². The van der Waals surface area contributed by atoms with Crippen molar-refractivity contribution in [3.63, 3.8) is 0 Å². The van der Waals surface area contributed by atoms with E-state index in [-0.39, 0.29) is 17.4 Å². The molecule has 0 aliphatic rings. The highest BCUT2D eigenvalue weighted by atomic mass is 19.1. The van der Waals surface area contributed by atoms with Crippen LogP contribution in [0, 0.1) is 29.8 Å². The maximum atomic E-state index is 13.4. The Kier molecular flexibility index (Phi) is 3.41. The zero-order valence-corrected chi connectivity index (χ0v) is 10.4. The molecule has 6 heteroatoms. The lowest BCUT2D eigenvalue weighted by molar-refractivity contribution is -0.385. The van der Waals surface area contributed by atoms with Gasteiger partial charge in [0.1, 0.15) is 17.8 Å². The van der Waals surface area contributed by atoms with Crippen LogP contribution < -0.4 is 4.74 Å². The molecule has 0 saturated heterocycles. The van der Waals surface area contributed by atoms with Gasteiger partial charge in [-0.05, 0) is 25.5 Å². The van der Waals surface area contributed by atoms with Gasteiger partial charge < -0.3 is 4.74 Å². The molecular formula is C13H11FN2O3. The minimum atomic E-state index is -0.532. The number of aryl methyl sites for hydroxylation is 2. The minimum absolute atomic E-state index is 0.111. The van der Waals surface area contributed by atoms with Gasteiger partial charge in [0, 0.05) is 17.7 Å². The Balaban J connectivity index is 2.28. The van der Waals surface area contributed by atoms with E-state index in [9.17, 15) is 14.5 Å². The molecule has 5 nitrogen and oxygen atoms in total. The van der Waals surface area contributed by atoms with E-state index >= 15 is 0 Å². The van der Waals surface area contributed by atoms with E-state index in [1.54, 1.807) is 26.0 Å². The Morgan fingerprint density at radius 3 is 2.58 bits per heavy atom. The first-order valence-corrected chi connectivity index (χ1v) is 5.52.